The van der Waals surface area contributed by atoms with Gasteiger partial charge in [0, 0.05) is 12.5 Å². The van der Waals surface area contributed by atoms with Gasteiger partial charge in [-0.15, -0.1) is 0 Å². The molecule has 1 aromatic rings. The summed E-state index contributed by atoms with van der Waals surface area (Å²) in [5, 5.41) is 0. The number of halogens is 1. The largest absolute Gasteiger partial charge is 0.487 e. The second-order valence-corrected chi connectivity index (χ2v) is 3.76. The van der Waals surface area contributed by atoms with E-state index in [9.17, 15) is 4.39 Å². The van der Waals surface area contributed by atoms with E-state index in [-0.39, 0.29) is 5.82 Å². The number of hydrogen-bond acceptors (Lipinski definition) is 1. The zero-order chi connectivity index (χ0) is 10.6. The van der Waals surface area contributed by atoms with E-state index >= 15 is 0 Å². The van der Waals surface area contributed by atoms with Crippen LogP contribution in [0.5, 0.6) is 5.75 Å². The standard InChI is InChI=1S/C12H14FO/c1-4-8-12(2,3)14-11-7-5-6-10(13)9-11/h1,4-7,9H,8H2,2-3H3. The molecular formula is C12H14FO. The Kier molecular flexibility index (Phi) is 3.28. The molecule has 0 heterocycles. The first-order chi connectivity index (χ1) is 6.53. The van der Waals surface area contributed by atoms with Crippen LogP contribution in [0.15, 0.2) is 30.3 Å². The van der Waals surface area contributed by atoms with Gasteiger partial charge in [0.05, 0.1) is 0 Å². The first kappa shape index (κ1) is 10.8. The molecule has 1 nitrogen and oxygen atoms in total. The summed E-state index contributed by atoms with van der Waals surface area (Å²) in [6.45, 7) is 9.13. The van der Waals surface area contributed by atoms with E-state index in [4.69, 9.17) is 11.3 Å². The van der Waals surface area contributed by atoms with Crippen molar-refractivity contribution in [1.29, 1.82) is 0 Å². The molecule has 0 aromatic heterocycles. The summed E-state index contributed by atoms with van der Waals surface area (Å²) in [5.74, 6) is 0.229. The lowest BCUT2D eigenvalue weighted by molar-refractivity contribution is 0.112. The van der Waals surface area contributed by atoms with Crippen LogP contribution in [0, 0.1) is 12.4 Å². The minimum absolute atomic E-state index is 0.296. The summed E-state index contributed by atoms with van der Waals surface area (Å²) in [6, 6.07) is 6.08. The Morgan fingerprint density at radius 2 is 2.21 bits per heavy atom. The number of ether oxygens (including phenoxy) is 1. The topological polar surface area (TPSA) is 9.23 Å². The molecule has 14 heavy (non-hydrogen) atoms. The molecule has 0 unspecified atom stereocenters. The van der Waals surface area contributed by atoms with Crippen LogP contribution in [0.2, 0.25) is 0 Å². The summed E-state index contributed by atoms with van der Waals surface area (Å²) in [4.78, 5) is 0. The minimum Gasteiger partial charge on any atom is -0.487 e. The van der Waals surface area contributed by atoms with Crippen LogP contribution in [-0.2, 0) is 0 Å². The van der Waals surface area contributed by atoms with E-state index in [0.717, 1.165) is 0 Å². The molecule has 1 radical (unpaired) electrons. The molecule has 0 aliphatic rings. The van der Waals surface area contributed by atoms with E-state index in [1.165, 1.54) is 12.1 Å². The number of benzene rings is 1. The van der Waals surface area contributed by atoms with Crippen molar-refractivity contribution >= 4 is 0 Å². The molecule has 0 N–H and O–H groups in total. The van der Waals surface area contributed by atoms with Crippen molar-refractivity contribution in [2.24, 2.45) is 0 Å². The molecular weight excluding hydrogens is 179 g/mol. The third-order valence-electron chi connectivity index (χ3n) is 1.80. The van der Waals surface area contributed by atoms with Crippen LogP contribution in [0.4, 0.5) is 4.39 Å². The molecule has 0 aliphatic carbocycles. The molecule has 0 saturated carbocycles. The van der Waals surface area contributed by atoms with Gasteiger partial charge in [-0.05, 0) is 26.0 Å². The highest BCUT2D eigenvalue weighted by molar-refractivity contribution is 5.23. The highest BCUT2D eigenvalue weighted by Crippen LogP contribution is 2.21. The quantitative estimate of drug-likeness (QED) is 0.712. The van der Waals surface area contributed by atoms with Crippen LogP contribution >= 0.6 is 0 Å². The fourth-order valence-corrected chi connectivity index (χ4v) is 1.18. The lowest BCUT2D eigenvalue weighted by Gasteiger charge is -2.24. The van der Waals surface area contributed by atoms with Crippen molar-refractivity contribution < 1.29 is 9.13 Å². The molecule has 0 bridgehead atoms. The maximum Gasteiger partial charge on any atom is 0.126 e. The number of hydrogen-bond donors (Lipinski definition) is 0. The van der Waals surface area contributed by atoms with Gasteiger partial charge in [0.1, 0.15) is 17.2 Å². The fourth-order valence-electron chi connectivity index (χ4n) is 1.18. The van der Waals surface area contributed by atoms with Crippen LogP contribution in [0.25, 0.3) is 0 Å². The Morgan fingerprint density at radius 3 is 2.79 bits per heavy atom. The average molecular weight is 193 g/mol. The van der Waals surface area contributed by atoms with Gasteiger partial charge in [0.15, 0.2) is 0 Å². The Labute approximate surface area is 84.2 Å². The molecule has 75 valence electrons. The van der Waals surface area contributed by atoms with Crippen molar-refractivity contribution in [3.63, 3.8) is 0 Å². The molecule has 0 saturated heterocycles. The smallest absolute Gasteiger partial charge is 0.126 e. The van der Waals surface area contributed by atoms with Gasteiger partial charge in [-0.2, -0.15) is 0 Å². The SMILES string of the molecule is [CH]=CCC(C)(C)Oc1cccc(F)c1. The van der Waals surface area contributed by atoms with Crippen LogP contribution in [0.3, 0.4) is 0 Å². The van der Waals surface area contributed by atoms with E-state index in [0.29, 0.717) is 12.2 Å². The van der Waals surface area contributed by atoms with E-state index in [1.807, 2.05) is 13.8 Å². The van der Waals surface area contributed by atoms with Crippen molar-refractivity contribution in [1.82, 2.24) is 0 Å². The molecule has 0 amide bonds. The average Bonchev–Trinajstić information content (AvgIpc) is 2.02. The normalized spacial score (nSPS) is 11.1. The molecule has 2 heteroatoms. The second-order valence-electron chi connectivity index (χ2n) is 3.76. The van der Waals surface area contributed by atoms with Crippen molar-refractivity contribution in [3.8, 4) is 5.75 Å². The minimum atomic E-state index is -0.400. The van der Waals surface area contributed by atoms with Crippen molar-refractivity contribution in [2.75, 3.05) is 0 Å². The van der Waals surface area contributed by atoms with Crippen molar-refractivity contribution in [3.05, 3.63) is 42.7 Å². The predicted molar refractivity (Wildman–Crippen MR) is 54.6 cm³/mol. The van der Waals surface area contributed by atoms with E-state index < -0.39 is 5.60 Å². The molecule has 1 aromatic carbocycles. The molecule has 0 fully saturated rings. The predicted octanol–water partition coefficient (Wildman–Crippen LogP) is 3.36. The van der Waals surface area contributed by atoms with Crippen LogP contribution in [-0.4, -0.2) is 5.60 Å². The summed E-state index contributed by atoms with van der Waals surface area (Å²) < 4.78 is 18.4. The van der Waals surface area contributed by atoms with E-state index in [2.05, 4.69) is 0 Å². The molecule has 0 atom stereocenters. The van der Waals surface area contributed by atoms with Gasteiger partial charge in [-0.25, -0.2) is 4.39 Å². The van der Waals surface area contributed by atoms with Gasteiger partial charge in [0.2, 0.25) is 0 Å². The Hall–Kier alpha value is -1.31. The fraction of sp³-hybridized carbons (Fsp3) is 0.333. The maximum absolute atomic E-state index is 12.8. The Balaban J connectivity index is 2.72. The van der Waals surface area contributed by atoms with Gasteiger partial charge in [-0.3, -0.25) is 0 Å². The zero-order valence-electron chi connectivity index (χ0n) is 8.46. The summed E-state index contributed by atoms with van der Waals surface area (Å²) in [7, 11) is 0. The summed E-state index contributed by atoms with van der Waals surface area (Å²) in [5.41, 5.74) is -0.400. The number of rotatable bonds is 4. The first-order valence-electron chi connectivity index (χ1n) is 4.51. The van der Waals surface area contributed by atoms with Gasteiger partial charge >= 0.3 is 0 Å². The summed E-state index contributed by atoms with van der Waals surface area (Å²) in [6.07, 6.45) is 2.16. The molecule has 1 rings (SSSR count). The molecule has 0 aliphatic heterocycles. The zero-order valence-corrected chi connectivity index (χ0v) is 8.46. The van der Waals surface area contributed by atoms with Crippen molar-refractivity contribution in [2.45, 2.75) is 25.9 Å². The Morgan fingerprint density at radius 1 is 1.50 bits per heavy atom. The van der Waals surface area contributed by atoms with Gasteiger partial charge in [-0.1, -0.05) is 18.7 Å². The van der Waals surface area contributed by atoms with Crippen LogP contribution < -0.4 is 4.74 Å². The third-order valence-corrected chi connectivity index (χ3v) is 1.80. The maximum atomic E-state index is 12.8. The lowest BCUT2D eigenvalue weighted by atomic mass is 10.1. The van der Waals surface area contributed by atoms with E-state index in [1.54, 1.807) is 18.2 Å². The second kappa shape index (κ2) is 4.27. The Bertz CT molecular complexity index is 318. The third kappa shape index (κ3) is 3.21. The summed E-state index contributed by atoms with van der Waals surface area (Å²) >= 11 is 0. The highest BCUT2D eigenvalue weighted by atomic mass is 19.1. The van der Waals surface area contributed by atoms with Gasteiger partial charge in [0.25, 0.3) is 0 Å². The molecule has 0 spiro atoms. The monoisotopic (exact) mass is 193 g/mol. The lowest BCUT2D eigenvalue weighted by Crippen LogP contribution is -2.27. The highest BCUT2D eigenvalue weighted by Gasteiger charge is 2.17. The van der Waals surface area contributed by atoms with Gasteiger partial charge < -0.3 is 4.74 Å². The van der Waals surface area contributed by atoms with Crippen LogP contribution in [0.1, 0.15) is 20.3 Å². The first-order valence-corrected chi connectivity index (χ1v) is 4.51.